The molecule has 122 valence electrons. The lowest BCUT2D eigenvalue weighted by molar-refractivity contribution is 0.0991. The number of hydrogen-bond acceptors (Lipinski definition) is 5. The molecule has 1 aromatic heterocycles. The van der Waals surface area contributed by atoms with E-state index in [9.17, 15) is 9.59 Å². The molecule has 0 bridgehead atoms. The molecule has 0 atom stereocenters. The van der Waals surface area contributed by atoms with Gasteiger partial charge in [0.05, 0.1) is 16.8 Å². The number of Topliss-reactive ketones (excluding diaryl/α,β-unsaturated/α-hetero) is 1. The highest BCUT2D eigenvalue weighted by molar-refractivity contribution is 6.16. The second kappa shape index (κ2) is 5.72. The molecule has 7 heteroatoms. The molecule has 1 amide bonds. The third kappa shape index (κ3) is 2.57. The van der Waals surface area contributed by atoms with E-state index >= 15 is 0 Å². The molecule has 25 heavy (non-hydrogen) atoms. The minimum Gasteiger partial charge on any atom is -0.452 e. The van der Waals surface area contributed by atoms with E-state index in [1.54, 1.807) is 29.2 Å². The summed E-state index contributed by atoms with van der Waals surface area (Å²) in [7, 11) is 0. The van der Waals surface area contributed by atoms with Crippen molar-refractivity contribution in [1.29, 1.82) is 0 Å². The molecule has 2 heterocycles. The predicted octanol–water partition coefficient (Wildman–Crippen LogP) is 1.98. The van der Waals surface area contributed by atoms with Gasteiger partial charge in [0.2, 0.25) is 5.78 Å². The van der Waals surface area contributed by atoms with Crippen molar-refractivity contribution in [2.75, 3.05) is 0 Å². The average Bonchev–Trinajstić information content (AvgIpc) is 3.25. The van der Waals surface area contributed by atoms with E-state index in [0.29, 0.717) is 5.56 Å². The number of amides is 1. The second-order valence-corrected chi connectivity index (χ2v) is 5.42. The van der Waals surface area contributed by atoms with Gasteiger partial charge in [-0.2, -0.15) is 5.10 Å². The predicted molar refractivity (Wildman–Crippen MR) is 89.3 cm³/mol. The molecular weight excluding hydrogens is 320 g/mol. The lowest BCUT2D eigenvalue weighted by Gasteiger charge is -2.03. The van der Waals surface area contributed by atoms with Crippen molar-refractivity contribution in [3.8, 4) is 11.4 Å². The highest BCUT2D eigenvalue weighted by Crippen LogP contribution is 2.34. The molecule has 0 aliphatic carbocycles. The number of fused-ring (bicyclic) bond motifs is 1. The molecule has 0 spiro atoms. The van der Waals surface area contributed by atoms with Crippen LogP contribution in [0, 0.1) is 0 Å². The van der Waals surface area contributed by atoms with Crippen LogP contribution in [0.15, 0.2) is 60.9 Å². The van der Waals surface area contributed by atoms with Crippen LogP contribution in [-0.2, 0) is 0 Å². The third-order valence-corrected chi connectivity index (χ3v) is 3.84. The number of allylic oxidation sites excluding steroid dienone is 1. The lowest BCUT2D eigenvalue weighted by atomic mass is 10.1. The molecule has 0 radical (unpaired) electrons. The zero-order valence-electron chi connectivity index (χ0n) is 12.9. The van der Waals surface area contributed by atoms with E-state index in [0.717, 1.165) is 11.3 Å². The SMILES string of the molecule is NC(=O)c1cccc2c1O/C(=C\c1ccc(-n3cncn3)cc1)C2=O. The summed E-state index contributed by atoms with van der Waals surface area (Å²) >= 11 is 0. The molecule has 2 N–H and O–H groups in total. The van der Waals surface area contributed by atoms with Crippen LogP contribution in [-0.4, -0.2) is 26.5 Å². The van der Waals surface area contributed by atoms with Gasteiger partial charge in [0.25, 0.3) is 5.91 Å². The first kappa shape index (κ1) is 14.8. The minimum atomic E-state index is -0.636. The van der Waals surface area contributed by atoms with Crippen LogP contribution in [0.5, 0.6) is 5.75 Å². The number of ketones is 1. The van der Waals surface area contributed by atoms with E-state index in [2.05, 4.69) is 10.1 Å². The molecule has 7 nitrogen and oxygen atoms in total. The summed E-state index contributed by atoms with van der Waals surface area (Å²) in [5, 5.41) is 4.05. The highest BCUT2D eigenvalue weighted by atomic mass is 16.5. The van der Waals surface area contributed by atoms with E-state index in [1.165, 1.54) is 12.4 Å². The van der Waals surface area contributed by atoms with Crippen molar-refractivity contribution in [2.24, 2.45) is 5.73 Å². The number of nitrogens with zero attached hydrogens (tertiary/aromatic N) is 3. The highest BCUT2D eigenvalue weighted by Gasteiger charge is 2.30. The lowest BCUT2D eigenvalue weighted by Crippen LogP contribution is -2.11. The molecule has 2 aromatic carbocycles. The van der Waals surface area contributed by atoms with Crippen molar-refractivity contribution in [2.45, 2.75) is 0 Å². The Labute approximate surface area is 142 Å². The average molecular weight is 332 g/mol. The number of aromatic nitrogens is 3. The van der Waals surface area contributed by atoms with Gasteiger partial charge in [0.15, 0.2) is 11.5 Å². The number of carbonyl (C=O) groups excluding carboxylic acids is 2. The Bertz CT molecular complexity index is 1010. The van der Waals surface area contributed by atoms with E-state index in [1.807, 2.05) is 24.3 Å². The Hall–Kier alpha value is -3.74. The molecule has 3 aromatic rings. The Kier molecular flexibility index (Phi) is 3.39. The summed E-state index contributed by atoms with van der Waals surface area (Å²) < 4.78 is 7.23. The van der Waals surface area contributed by atoms with Crippen LogP contribution in [0.25, 0.3) is 11.8 Å². The Balaban J connectivity index is 1.66. The fraction of sp³-hybridized carbons (Fsp3) is 0. The maximum Gasteiger partial charge on any atom is 0.252 e. The van der Waals surface area contributed by atoms with Crippen LogP contribution < -0.4 is 10.5 Å². The van der Waals surface area contributed by atoms with Crippen LogP contribution in [0.1, 0.15) is 26.3 Å². The normalized spacial score (nSPS) is 14.4. The van der Waals surface area contributed by atoms with Crippen LogP contribution in [0.2, 0.25) is 0 Å². The molecule has 0 saturated heterocycles. The van der Waals surface area contributed by atoms with Gasteiger partial charge in [-0.05, 0) is 35.9 Å². The zero-order valence-corrected chi connectivity index (χ0v) is 12.9. The first-order valence-electron chi connectivity index (χ1n) is 7.45. The number of primary amides is 1. The van der Waals surface area contributed by atoms with E-state index < -0.39 is 5.91 Å². The van der Waals surface area contributed by atoms with Gasteiger partial charge < -0.3 is 10.5 Å². The number of carbonyl (C=O) groups is 2. The van der Waals surface area contributed by atoms with Crippen molar-refractivity contribution < 1.29 is 14.3 Å². The van der Waals surface area contributed by atoms with Crippen LogP contribution in [0.4, 0.5) is 0 Å². The quantitative estimate of drug-likeness (QED) is 0.739. The fourth-order valence-electron chi connectivity index (χ4n) is 2.62. The Morgan fingerprint density at radius 2 is 1.96 bits per heavy atom. The summed E-state index contributed by atoms with van der Waals surface area (Å²) in [6.45, 7) is 0. The maximum atomic E-state index is 12.5. The number of rotatable bonds is 3. The van der Waals surface area contributed by atoms with Gasteiger partial charge in [-0.3, -0.25) is 9.59 Å². The minimum absolute atomic E-state index is 0.150. The molecule has 4 rings (SSSR count). The van der Waals surface area contributed by atoms with Gasteiger partial charge in [-0.15, -0.1) is 0 Å². The van der Waals surface area contributed by atoms with Crippen molar-refractivity contribution in [3.05, 3.63) is 77.6 Å². The Morgan fingerprint density at radius 1 is 1.16 bits per heavy atom. The smallest absolute Gasteiger partial charge is 0.252 e. The molecule has 0 unspecified atom stereocenters. The summed E-state index contributed by atoms with van der Waals surface area (Å²) in [4.78, 5) is 27.8. The Morgan fingerprint density at radius 3 is 2.64 bits per heavy atom. The molecule has 1 aliphatic rings. The number of para-hydroxylation sites is 1. The molecule has 0 saturated carbocycles. The second-order valence-electron chi connectivity index (χ2n) is 5.42. The zero-order chi connectivity index (χ0) is 17.4. The summed E-state index contributed by atoms with van der Waals surface area (Å²) in [6, 6.07) is 12.1. The van der Waals surface area contributed by atoms with Crippen LogP contribution in [0.3, 0.4) is 0 Å². The van der Waals surface area contributed by atoms with Gasteiger partial charge in [0.1, 0.15) is 12.7 Å². The summed E-state index contributed by atoms with van der Waals surface area (Å²) in [5.41, 5.74) is 7.48. The number of hydrogen-bond donors (Lipinski definition) is 1. The maximum absolute atomic E-state index is 12.5. The monoisotopic (exact) mass is 332 g/mol. The summed E-state index contributed by atoms with van der Waals surface area (Å²) in [6.07, 6.45) is 4.67. The van der Waals surface area contributed by atoms with Crippen molar-refractivity contribution >= 4 is 17.8 Å². The topological polar surface area (TPSA) is 100 Å². The van der Waals surface area contributed by atoms with Crippen molar-refractivity contribution in [1.82, 2.24) is 14.8 Å². The van der Waals surface area contributed by atoms with Crippen LogP contribution >= 0.6 is 0 Å². The largest absolute Gasteiger partial charge is 0.452 e. The number of ether oxygens (including phenoxy) is 1. The first-order chi connectivity index (χ1) is 12.1. The fourth-order valence-corrected chi connectivity index (χ4v) is 2.62. The number of benzene rings is 2. The summed E-state index contributed by atoms with van der Waals surface area (Å²) in [5.74, 6) is -0.552. The molecule has 1 aliphatic heterocycles. The van der Waals surface area contributed by atoms with E-state index in [-0.39, 0.29) is 22.9 Å². The number of nitrogens with two attached hydrogens (primary N) is 1. The van der Waals surface area contributed by atoms with Crippen molar-refractivity contribution in [3.63, 3.8) is 0 Å². The van der Waals surface area contributed by atoms with Gasteiger partial charge >= 0.3 is 0 Å². The molecule has 0 fully saturated rings. The van der Waals surface area contributed by atoms with Gasteiger partial charge in [-0.1, -0.05) is 18.2 Å². The molecular formula is C18H12N4O3. The first-order valence-corrected chi connectivity index (χ1v) is 7.45. The van der Waals surface area contributed by atoms with Gasteiger partial charge in [0, 0.05) is 0 Å². The standard InChI is InChI=1S/C18H12N4O3/c19-18(24)14-3-1-2-13-16(23)15(25-17(13)14)8-11-4-6-12(7-5-11)22-10-20-9-21-22/h1-10H,(H2,19,24)/b15-8-. The van der Waals surface area contributed by atoms with Gasteiger partial charge in [-0.25, -0.2) is 9.67 Å². The third-order valence-electron chi connectivity index (χ3n) is 3.84. The van der Waals surface area contributed by atoms with E-state index in [4.69, 9.17) is 10.5 Å².